The van der Waals surface area contributed by atoms with E-state index >= 15 is 0 Å². The van der Waals surface area contributed by atoms with E-state index in [0.29, 0.717) is 5.92 Å². The third kappa shape index (κ3) is 0.408. The van der Waals surface area contributed by atoms with Crippen molar-refractivity contribution in [1.29, 1.82) is 0 Å². The fourth-order valence-corrected chi connectivity index (χ4v) is 2.32. The molecule has 0 aromatic rings. The standard InChI is InChI=1S/C7H11NO2/c1-7(6(9)10)3-2-4(8)5(3)7/h3-5H,2,8H2,1H3,(H,9,10). The van der Waals surface area contributed by atoms with Crippen LogP contribution in [0.4, 0.5) is 0 Å². The van der Waals surface area contributed by atoms with Crippen LogP contribution < -0.4 is 5.73 Å². The number of carboxylic acids is 1. The van der Waals surface area contributed by atoms with Crippen molar-refractivity contribution in [3.8, 4) is 0 Å². The lowest BCUT2D eigenvalue weighted by molar-refractivity contribution is -0.143. The Morgan fingerprint density at radius 1 is 1.80 bits per heavy atom. The van der Waals surface area contributed by atoms with E-state index in [-0.39, 0.29) is 12.0 Å². The van der Waals surface area contributed by atoms with Gasteiger partial charge in [-0.3, -0.25) is 4.79 Å². The molecule has 0 saturated heterocycles. The summed E-state index contributed by atoms with van der Waals surface area (Å²) in [6, 6.07) is 0.158. The molecule has 3 nitrogen and oxygen atoms in total. The number of nitrogens with two attached hydrogens (primary N) is 1. The second kappa shape index (κ2) is 1.37. The van der Waals surface area contributed by atoms with Gasteiger partial charge in [0, 0.05) is 6.04 Å². The second-order valence-corrected chi connectivity index (χ2v) is 3.62. The summed E-state index contributed by atoms with van der Waals surface area (Å²) in [5.41, 5.74) is 5.15. The van der Waals surface area contributed by atoms with E-state index < -0.39 is 11.4 Å². The van der Waals surface area contributed by atoms with Gasteiger partial charge in [-0.25, -0.2) is 0 Å². The van der Waals surface area contributed by atoms with Crippen molar-refractivity contribution in [1.82, 2.24) is 0 Å². The number of fused-ring (bicyclic) bond motifs is 1. The van der Waals surface area contributed by atoms with Crippen LogP contribution in [0.3, 0.4) is 0 Å². The predicted octanol–water partition coefficient (Wildman–Crippen LogP) is 0.0543. The number of rotatable bonds is 1. The summed E-state index contributed by atoms with van der Waals surface area (Å²) in [7, 11) is 0. The van der Waals surface area contributed by atoms with E-state index in [1.54, 1.807) is 6.92 Å². The van der Waals surface area contributed by atoms with Gasteiger partial charge < -0.3 is 10.8 Å². The van der Waals surface area contributed by atoms with E-state index in [2.05, 4.69) is 0 Å². The lowest BCUT2D eigenvalue weighted by Gasteiger charge is -2.17. The Labute approximate surface area is 59.2 Å². The average Bonchev–Trinajstić information content (AvgIpc) is 2.30. The summed E-state index contributed by atoms with van der Waals surface area (Å²) < 4.78 is 0. The maximum absolute atomic E-state index is 10.6. The highest BCUT2D eigenvalue weighted by Gasteiger charge is 2.74. The average molecular weight is 141 g/mol. The van der Waals surface area contributed by atoms with Crippen molar-refractivity contribution >= 4 is 5.97 Å². The van der Waals surface area contributed by atoms with Crippen LogP contribution in [-0.2, 0) is 4.79 Å². The number of hydrogen-bond donors (Lipinski definition) is 2. The van der Waals surface area contributed by atoms with Gasteiger partial charge in [0.1, 0.15) is 0 Å². The Kier molecular flexibility index (Phi) is 0.844. The van der Waals surface area contributed by atoms with E-state index in [0.717, 1.165) is 6.42 Å². The number of carboxylic acid groups (broad SMARTS) is 1. The van der Waals surface area contributed by atoms with Gasteiger partial charge in [0.25, 0.3) is 0 Å². The van der Waals surface area contributed by atoms with Crippen LogP contribution >= 0.6 is 0 Å². The molecular formula is C7H11NO2. The molecule has 4 unspecified atom stereocenters. The topological polar surface area (TPSA) is 63.3 Å². The van der Waals surface area contributed by atoms with Crippen molar-refractivity contribution in [2.75, 3.05) is 0 Å². The summed E-state index contributed by atoms with van der Waals surface area (Å²) >= 11 is 0. The van der Waals surface area contributed by atoms with Gasteiger partial charge in [-0.2, -0.15) is 0 Å². The monoisotopic (exact) mass is 141 g/mol. The molecule has 4 atom stereocenters. The van der Waals surface area contributed by atoms with Gasteiger partial charge in [-0.05, 0) is 25.2 Å². The molecule has 0 spiro atoms. The van der Waals surface area contributed by atoms with Gasteiger partial charge in [0.2, 0.25) is 0 Å². The van der Waals surface area contributed by atoms with Gasteiger partial charge >= 0.3 is 5.97 Å². The highest BCUT2D eigenvalue weighted by Crippen LogP contribution is 2.69. The van der Waals surface area contributed by atoms with E-state index in [9.17, 15) is 4.79 Å². The smallest absolute Gasteiger partial charge is 0.309 e. The lowest BCUT2D eigenvalue weighted by Crippen LogP contribution is -2.31. The van der Waals surface area contributed by atoms with E-state index in [1.807, 2.05) is 0 Å². The highest BCUT2D eigenvalue weighted by molar-refractivity contribution is 5.80. The first-order valence-electron chi connectivity index (χ1n) is 3.57. The first-order chi connectivity index (χ1) is 4.58. The molecule has 56 valence electrons. The van der Waals surface area contributed by atoms with Crippen molar-refractivity contribution in [2.24, 2.45) is 23.0 Å². The molecule has 0 heterocycles. The van der Waals surface area contributed by atoms with E-state index in [4.69, 9.17) is 10.8 Å². The molecule has 2 saturated carbocycles. The van der Waals surface area contributed by atoms with Gasteiger partial charge in [-0.15, -0.1) is 0 Å². The zero-order chi connectivity index (χ0) is 7.52. The summed E-state index contributed by atoms with van der Waals surface area (Å²) in [5, 5.41) is 8.76. The van der Waals surface area contributed by atoms with Gasteiger partial charge in [-0.1, -0.05) is 0 Å². The largest absolute Gasteiger partial charge is 0.481 e. The third-order valence-corrected chi connectivity index (χ3v) is 3.24. The Hall–Kier alpha value is -0.570. The van der Waals surface area contributed by atoms with E-state index in [1.165, 1.54) is 0 Å². The maximum atomic E-state index is 10.6. The van der Waals surface area contributed by atoms with Crippen LogP contribution in [0.15, 0.2) is 0 Å². The molecule has 2 fully saturated rings. The molecule has 0 aliphatic heterocycles. The van der Waals surface area contributed by atoms with Crippen molar-refractivity contribution < 1.29 is 9.90 Å². The first-order valence-corrected chi connectivity index (χ1v) is 3.57. The SMILES string of the molecule is CC1(C(=O)O)C2CC(N)C21. The van der Waals surface area contributed by atoms with Gasteiger partial charge in [0.05, 0.1) is 5.41 Å². The molecule has 0 amide bonds. The minimum absolute atomic E-state index is 0.158. The third-order valence-electron chi connectivity index (χ3n) is 3.24. The molecule has 2 rings (SSSR count). The molecule has 0 aromatic carbocycles. The predicted molar refractivity (Wildman–Crippen MR) is 35.3 cm³/mol. The normalized spacial score (nSPS) is 56.8. The molecule has 0 aromatic heterocycles. The highest BCUT2D eigenvalue weighted by atomic mass is 16.4. The van der Waals surface area contributed by atoms with Crippen molar-refractivity contribution in [3.05, 3.63) is 0 Å². The molecule has 3 N–H and O–H groups in total. The molecular weight excluding hydrogens is 130 g/mol. The fraction of sp³-hybridized carbons (Fsp3) is 0.857. The molecule has 3 heteroatoms. The minimum Gasteiger partial charge on any atom is -0.481 e. The van der Waals surface area contributed by atoms with Crippen LogP contribution in [0, 0.1) is 17.3 Å². The molecule has 2 aliphatic rings. The number of carbonyl (C=O) groups is 1. The molecule has 2 aliphatic carbocycles. The van der Waals surface area contributed by atoms with Crippen LogP contribution in [-0.4, -0.2) is 17.1 Å². The zero-order valence-electron chi connectivity index (χ0n) is 5.87. The number of aliphatic carboxylic acids is 1. The minimum atomic E-state index is -0.671. The lowest BCUT2D eigenvalue weighted by atomic mass is 9.94. The maximum Gasteiger partial charge on any atom is 0.309 e. The molecule has 10 heavy (non-hydrogen) atoms. The summed E-state index contributed by atoms with van der Waals surface area (Å²) in [4.78, 5) is 10.6. The van der Waals surface area contributed by atoms with Crippen LogP contribution in [0.25, 0.3) is 0 Å². The van der Waals surface area contributed by atoms with Crippen LogP contribution in [0.1, 0.15) is 13.3 Å². The molecule has 0 radical (unpaired) electrons. The Morgan fingerprint density at radius 2 is 2.40 bits per heavy atom. The van der Waals surface area contributed by atoms with Crippen LogP contribution in [0.5, 0.6) is 0 Å². The summed E-state index contributed by atoms with van der Waals surface area (Å²) in [6.07, 6.45) is 0.910. The fourth-order valence-electron chi connectivity index (χ4n) is 2.32. The van der Waals surface area contributed by atoms with Crippen LogP contribution in [0.2, 0.25) is 0 Å². The van der Waals surface area contributed by atoms with Crippen molar-refractivity contribution in [3.63, 3.8) is 0 Å². The van der Waals surface area contributed by atoms with Crippen molar-refractivity contribution in [2.45, 2.75) is 19.4 Å². The Balaban J connectivity index is 2.17. The quantitative estimate of drug-likeness (QED) is 0.542. The zero-order valence-corrected chi connectivity index (χ0v) is 5.87. The second-order valence-electron chi connectivity index (χ2n) is 3.62. The Bertz CT molecular complexity index is 204. The summed E-state index contributed by atoms with van der Waals surface area (Å²) in [5.74, 6) is 0.000417. The summed E-state index contributed by atoms with van der Waals surface area (Å²) in [6.45, 7) is 1.80. The van der Waals surface area contributed by atoms with Gasteiger partial charge in [0.15, 0.2) is 0 Å². The molecule has 0 bridgehead atoms. The number of hydrogen-bond acceptors (Lipinski definition) is 2. The first kappa shape index (κ1) is 6.16. The Morgan fingerprint density at radius 3 is 2.50 bits per heavy atom.